The van der Waals surface area contributed by atoms with E-state index in [4.69, 9.17) is 0 Å². The fourth-order valence-corrected chi connectivity index (χ4v) is 1.99. The first-order valence-corrected chi connectivity index (χ1v) is 6.26. The molecule has 2 aromatic rings. The highest BCUT2D eigenvalue weighted by Crippen LogP contribution is 2.08. The largest absolute Gasteiger partial charge is 0.373 e. The Labute approximate surface area is 113 Å². The fourth-order valence-electron chi connectivity index (χ4n) is 1.61. The molecule has 5 nitrogen and oxygen atoms in total. The third kappa shape index (κ3) is 2.95. The van der Waals surface area contributed by atoms with Crippen LogP contribution in [0.25, 0.3) is 0 Å². The standard InChI is InChI=1S/C12H13BrN4O/c1-8-5-10(14-2)16-11(15-8)7-17-6-9(13)3-4-12(17)18/h3-6H,7H2,1-2H3,(H,14,15,16). The third-order valence-corrected chi connectivity index (χ3v) is 2.88. The van der Waals surface area contributed by atoms with Gasteiger partial charge in [0.1, 0.15) is 5.82 Å². The van der Waals surface area contributed by atoms with Crippen LogP contribution in [0.3, 0.4) is 0 Å². The van der Waals surface area contributed by atoms with Crippen molar-refractivity contribution in [2.75, 3.05) is 12.4 Å². The van der Waals surface area contributed by atoms with E-state index < -0.39 is 0 Å². The van der Waals surface area contributed by atoms with E-state index in [0.717, 1.165) is 16.0 Å². The van der Waals surface area contributed by atoms with Crippen molar-refractivity contribution in [3.8, 4) is 0 Å². The first-order chi connectivity index (χ1) is 8.58. The lowest BCUT2D eigenvalue weighted by atomic mass is 10.4. The summed E-state index contributed by atoms with van der Waals surface area (Å²) < 4.78 is 2.42. The molecule has 2 rings (SSSR count). The molecule has 94 valence electrons. The molecule has 0 atom stereocenters. The number of nitrogens with one attached hydrogen (secondary N) is 1. The van der Waals surface area contributed by atoms with Gasteiger partial charge >= 0.3 is 0 Å². The van der Waals surface area contributed by atoms with Gasteiger partial charge in [0.15, 0.2) is 5.82 Å². The summed E-state index contributed by atoms with van der Waals surface area (Å²) >= 11 is 3.34. The third-order valence-electron chi connectivity index (χ3n) is 2.42. The van der Waals surface area contributed by atoms with Crippen LogP contribution in [0.5, 0.6) is 0 Å². The predicted molar refractivity (Wildman–Crippen MR) is 73.8 cm³/mol. The molecular weight excluding hydrogens is 296 g/mol. The molecule has 0 unspecified atom stereocenters. The molecule has 0 saturated heterocycles. The summed E-state index contributed by atoms with van der Waals surface area (Å²) in [4.78, 5) is 20.3. The first kappa shape index (κ1) is 12.8. The Morgan fingerprint density at radius 1 is 1.39 bits per heavy atom. The average Bonchev–Trinajstić information content (AvgIpc) is 2.33. The maximum Gasteiger partial charge on any atom is 0.250 e. The van der Waals surface area contributed by atoms with E-state index in [1.165, 1.54) is 6.07 Å². The fraction of sp³-hybridized carbons (Fsp3) is 0.250. The smallest absolute Gasteiger partial charge is 0.250 e. The lowest BCUT2D eigenvalue weighted by molar-refractivity contribution is 0.709. The molecule has 0 aliphatic heterocycles. The molecule has 2 aromatic heterocycles. The lowest BCUT2D eigenvalue weighted by Gasteiger charge is -2.07. The second-order valence-electron chi connectivity index (χ2n) is 3.87. The number of anilines is 1. The van der Waals surface area contributed by atoms with Gasteiger partial charge in [-0.3, -0.25) is 4.79 Å². The van der Waals surface area contributed by atoms with Gasteiger partial charge in [0.25, 0.3) is 5.56 Å². The zero-order valence-corrected chi connectivity index (χ0v) is 11.7. The van der Waals surface area contributed by atoms with Gasteiger partial charge in [0.2, 0.25) is 0 Å². The van der Waals surface area contributed by atoms with Gasteiger partial charge in [-0.1, -0.05) is 0 Å². The summed E-state index contributed by atoms with van der Waals surface area (Å²) in [6, 6.07) is 5.08. The first-order valence-electron chi connectivity index (χ1n) is 5.47. The Kier molecular flexibility index (Phi) is 3.76. The van der Waals surface area contributed by atoms with Crippen LogP contribution in [0.4, 0.5) is 5.82 Å². The highest BCUT2D eigenvalue weighted by Gasteiger charge is 2.04. The second-order valence-corrected chi connectivity index (χ2v) is 4.79. The molecule has 18 heavy (non-hydrogen) atoms. The topological polar surface area (TPSA) is 59.8 Å². The van der Waals surface area contributed by atoms with Crippen LogP contribution in [0.2, 0.25) is 0 Å². The van der Waals surface area contributed by atoms with Crippen LogP contribution in [-0.4, -0.2) is 21.6 Å². The molecule has 0 radical (unpaired) electrons. The quantitative estimate of drug-likeness (QED) is 0.939. The molecule has 1 N–H and O–H groups in total. The van der Waals surface area contributed by atoms with Gasteiger partial charge in [-0.2, -0.15) is 0 Å². The van der Waals surface area contributed by atoms with Crippen molar-refractivity contribution in [2.24, 2.45) is 0 Å². The molecule has 0 aromatic carbocycles. The van der Waals surface area contributed by atoms with Gasteiger partial charge < -0.3 is 9.88 Å². The summed E-state index contributed by atoms with van der Waals surface area (Å²) in [6.45, 7) is 2.25. The highest BCUT2D eigenvalue weighted by atomic mass is 79.9. The average molecular weight is 309 g/mol. The minimum Gasteiger partial charge on any atom is -0.373 e. The van der Waals surface area contributed by atoms with Gasteiger partial charge in [0, 0.05) is 35.5 Å². The van der Waals surface area contributed by atoms with Crippen molar-refractivity contribution in [1.82, 2.24) is 14.5 Å². The molecular formula is C12H13BrN4O. The molecule has 0 fully saturated rings. The van der Waals surface area contributed by atoms with Gasteiger partial charge in [-0.15, -0.1) is 0 Å². The van der Waals surface area contributed by atoms with Crippen molar-refractivity contribution in [2.45, 2.75) is 13.5 Å². The monoisotopic (exact) mass is 308 g/mol. The Morgan fingerprint density at radius 3 is 2.89 bits per heavy atom. The minimum atomic E-state index is -0.0747. The van der Waals surface area contributed by atoms with Crippen LogP contribution < -0.4 is 10.9 Å². The van der Waals surface area contributed by atoms with E-state index in [9.17, 15) is 4.79 Å². The second kappa shape index (κ2) is 5.30. The molecule has 0 aliphatic carbocycles. The summed E-state index contributed by atoms with van der Waals surface area (Å²) in [6.07, 6.45) is 1.73. The van der Waals surface area contributed by atoms with Crippen LogP contribution in [0, 0.1) is 6.92 Å². The number of halogens is 1. The molecule has 0 aliphatic rings. The summed E-state index contributed by atoms with van der Waals surface area (Å²) in [7, 11) is 1.80. The lowest BCUT2D eigenvalue weighted by Crippen LogP contribution is -2.20. The summed E-state index contributed by atoms with van der Waals surface area (Å²) in [5.74, 6) is 1.36. The maximum atomic E-state index is 11.7. The molecule has 0 spiro atoms. The molecule has 2 heterocycles. The number of aromatic nitrogens is 3. The Bertz CT molecular complexity index is 624. The summed E-state index contributed by atoms with van der Waals surface area (Å²) in [5, 5.41) is 2.97. The van der Waals surface area contributed by atoms with E-state index in [0.29, 0.717) is 12.4 Å². The van der Waals surface area contributed by atoms with Crippen molar-refractivity contribution in [3.05, 3.63) is 50.7 Å². The molecule has 0 amide bonds. The van der Waals surface area contributed by atoms with E-state index in [-0.39, 0.29) is 5.56 Å². The van der Waals surface area contributed by atoms with E-state index in [2.05, 4.69) is 31.2 Å². The summed E-state index contributed by atoms with van der Waals surface area (Å²) in [5.41, 5.74) is 0.793. The number of aryl methyl sites for hydroxylation is 1. The molecule has 0 saturated carbocycles. The predicted octanol–water partition coefficient (Wildman–Crippen LogP) is 1.80. The Morgan fingerprint density at radius 2 is 2.17 bits per heavy atom. The zero-order valence-electron chi connectivity index (χ0n) is 10.1. The number of rotatable bonds is 3. The highest BCUT2D eigenvalue weighted by molar-refractivity contribution is 9.10. The van der Waals surface area contributed by atoms with Crippen molar-refractivity contribution >= 4 is 21.7 Å². The maximum absolute atomic E-state index is 11.7. The number of nitrogens with zero attached hydrogens (tertiary/aromatic N) is 3. The normalized spacial score (nSPS) is 10.4. The number of hydrogen-bond acceptors (Lipinski definition) is 4. The van der Waals surface area contributed by atoms with Crippen molar-refractivity contribution in [1.29, 1.82) is 0 Å². The van der Waals surface area contributed by atoms with Crippen LogP contribution >= 0.6 is 15.9 Å². The van der Waals surface area contributed by atoms with E-state index in [1.54, 1.807) is 23.9 Å². The number of pyridine rings is 1. The van der Waals surface area contributed by atoms with Crippen molar-refractivity contribution < 1.29 is 0 Å². The molecule has 6 heteroatoms. The van der Waals surface area contributed by atoms with Gasteiger partial charge in [-0.25, -0.2) is 9.97 Å². The molecule has 0 bridgehead atoms. The van der Waals surface area contributed by atoms with Crippen LogP contribution in [-0.2, 0) is 6.54 Å². The van der Waals surface area contributed by atoms with E-state index >= 15 is 0 Å². The van der Waals surface area contributed by atoms with Gasteiger partial charge in [0.05, 0.1) is 6.54 Å². The van der Waals surface area contributed by atoms with Crippen LogP contribution in [0.1, 0.15) is 11.5 Å². The number of hydrogen-bond donors (Lipinski definition) is 1. The Balaban J connectivity index is 2.36. The zero-order chi connectivity index (χ0) is 13.1. The van der Waals surface area contributed by atoms with Gasteiger partial charge in [-0.05, 0) is 28.9 Å². The minimum absolute atomic E-state index is 0.0747. The Hall–Kier alpha value is -1.69. The van der Waals surface area contributed by atoms with Crippen LogP contribution in [0.15, 0.2) is 33.7 Å². The SMILES string of the molecule is CNc1cc(C)nc(Cn2cc(Br)ccc2=O)n1. The van der Waals surface area contributed by atoms with E-state index in [1.807, 2.05) is 13.0 Å². The van der Waals surface area contributed by atoms with Crippen molar-refractivity contribution in [3.63, 3.8) is 0 Å².